The number of aliphatic carboxylic acids is 1. The van der Waals surface area contributed by atoms with Crippen LogP contribution in [-0.4, -0.2) is 314 Å². The van der Waals surface area contributed by atoms with Gasteiger partial charge in [0.1, 0.15) is 109 Å². The van der Waals surface area contributed by atoms with E-state index in [2.05, 4.69) is 47.5 Å². The van der Waals surface area contributed by atoms with Crippen molar-refractivity contribution in [3.05, 3.63) is 102 Å². The molecule has 8 rings (SSSR count). The summed E-state index contributed by atoms with van der Waals surface area (Å²) in [4.78, 5) is 119. The first-order chi connectivity index (χ1) is 50.4. The van der Waals surface area contributed by atoms with Gasteiger partial charge in [-0.05, 0) is 81.0 Å². The van der Waals surface area contributed by atoms with Gasteiger partial charge in [-0.3, -0.25) is 33.6 Å². The van der Waals surface area contributed by atoms with Crippen LogP contribution in [0.4, 0.5) is 0 Å². The van der Waals surface area contributed by atoms with Crippen molar-refractivity contribution in [1.29, 1.82) is 0 Å². The van der Waals surface area contributed by atoms with Gasteiger partial charge < -0.3 is 148 Å². The van der Waals surface area contributed by atoms with Gasteiger partial charge in [0.25, 0.3) is 0 Å². The average Bonchev–Trinajstić information content (AvgIpc) is 0.976. The minimum Gasteiger partial charge on any atom is -0.508 e. The molecule has 0 aliphatic carbocycles. The minimum atomic E-state index is -2.84. The number of carbonyl (C=O) groups excluding carboxylic acids is 7. The predicted octanol–water partition coefficient (Wildman–Crippen LogP) is -7.93. The number of unbranched alkanes of at least 4 members (excludes halogenated alkanes) is 1. The van der Waals surface area contributed by atoms with Crippen molar-refractivity contribution in [3.8, 4) is 5.75 Å². The molecule has 37 nitrogen and oxygen atoms in total. The maximum atomic E-state index is 15.3. The number of amides is 7. The highest BCUT2D eigenvalue weighted by Gasteiger charge is 2.55. The molecular weight excluding hydrogens is 1440 g/mol. The monoisotopic (exact) mass is 1530 g/mol. The quantitative estimate of drug-likeness (QED) is 0.0205. The van der Waals surface area contributed by atoms with Crippen LogP contribution in [0.2, 0.25) is 0 Å². The second-order valence-electron chi connectivity index (χ2n) is 26.3. The number of phenolic OH excluding ortho intramolecular Hbond substituents is 1. The zero-order valence-electron chi connectivity index (χ0n) is 57.5. The molecule has 1 aromatic heterocycles. The number of aromatic nitrogens is 1. The van der Waals surface area contributed by atoms with E-state index >= 15 is 14.4 Å². The van der Waals surface area contributed by atoms with Crippen LogP contribution in [0.3, 0.4) is 0 Å². The van der Waals surface area contributed by atoms with Gasteiger partial charge in [-0.2, -0.15) is 0 Å². The lowest BCUT2D eigenvalue weighted by molar-refractivity contribution is -0.383. The summed E-state index contributed by atoms with van der Waals surface area (Å²) in [5.74, 6) is -13.1. The molecule has 4 aliphatic rings. The van der Waals surface area contributed by atoms with Crippen LogP contribution in [-0.2, 0) is 81.3 Å². The topological polar surface area (TPSA) is 604 Å². The molecule has 4 aromatic rings. The highest BCUT2D eigenvalue weighted by molar-refractivity contribution is 8.76. The maximum Gasteiger partial charge on any atom is 0.328 e. The SMILES string of the molecule is C[C@@H](O)[C@@H]1NC(=O)[C@H](CCCCN)NC(=O)[C@@H](Cc2c[nH]c3ccccc23)NC(=O)[C@H](Cc2ccc(O)cc2)NC(=O)[C@@H](NC(=O)[C@@H](Cc2ccccc2)NC[C@@]2(O)OC[C@@H](O)[C@@H](O[C@H]3O[C@H](CO)[C@@H](O[C@H]4O[C@H](CO)[C@@H](O)[C@H](O)[C@H]4O)[C@H](O)[C@H]3O)[C@@H]2O)CSSC[C@@H](C(=O)N[C@@H](C(=O)O)[C@@H](C)O)NC1=O. The molecule has 586 valence electrons. The maximum absolute atomic E-state index is 15.3. The third-order valence-corrected chi connectivity index (χ3v) is 20.8. The molecule has 25 N–H and O–H groups in total. The number of nitrogens with two attached hydrogens (primary N) is 1. The van der Waals surface area contributed by atoms with Crippen molar-refractivity contribution in [3.63, 3.8) is 0 Å². The molecule has 0 spiro atoms. The van der Waals surface area contributed by atoms with Crippen LogP contribution >= 0.6 is 21.6 Å². The van der Waals surface area contributed by atoms with Crippen LogP contribution in [0.25, 0.3) is 10.9 Å². The number of H-pyrrole nitrogens is 1. The molecule has 39 heteroatoms. The summed E-state index contributed by atoms with van der Waals surface area (Å²) in [5, 5.41) is 172. The Hall–Kier alpha value is -7.30. The Balaban J connectivity index is 1.11. The molecule has 24 atom stereocenters. The van der Waals surface area contributed by atoms with Crippen LogP contribution in [0.5, 0.6) is 5.75 Å². The molecule has 106 heavy (non-hydrogen) atoms. The Morgan fingerprint density at radius 2 is 1.28 bits per heavy atom. The van der Waals surface area contributed by atoms with E-state index in [1.807, 2.05) is 0 Å². The lowest BCUT2D eigenvalue weighted by Gasteiger charge is -2.48. The summed E-state index contributed by atoms with van der Waals surface area (Å²) in [6, 6.07) is 7.12. The number of hydrogen-bond donors (Lipinski definition) is 24. The number of carboxylic acid groups (broad SMARTS) is 1. The fourth-order valence-corrected chi connectivity index (χ4v) is 14.5. The van der Waals surface area contributed by atoms with Gasteiger partial charge in [0.2, 0.25) is 47.1 Å². The number of carboxylic acids is 1. The zero-order chi connectivity index (χ0) is 77.3. The van der Waals surface area contributed by atoms with Gasteiger partial charge in [0, 0.05) is 41.4 Å². The van der Waals surface area contributed by atoms with Crippen LogP contribution in [0.15, 0.2) is 85.1 Å². The van der Waals surface area contributed by atoms with Crippen molar-refractivity contribution in [2.24, 2.45) is 5.73 Å². The van der Waals surface area contributed by atoms with Gasteiger partial charge in [-0.15, -0.1) is 0 Å². The van der Waals surface area contributed by atoms with Gasteiger partial charge in [-0.1, -0.05) is 82.3 Å². The summed E-state index contributed by atoms with van der Waals surface area (Å²) in [6.45, 7) is -1.22. The average molecular weight is 1540 g/mol. The normalized spacial score (nSPS) is 32.4. The minimum absolute atomic E-state index is 0.111. The molecule has 3 aromatic carbocycles. The van der Waals surface area contributed by atoms with Gasteiger partial charge in [-0.25, -0.2) is 4.79 Å². The summed E-state index contributed by atoms with van der Waals surface area (Å²) in [6.07, 6.45) is -27.3. The number of para-hydroxylation sites is 1. The van der Waals surface area contributed by atoms with Crippen molar-refractivity contribution < 1.29 is 134 Å². The predicted molar refractivity (Wildman–Crippen MR) is 372 cm³/mol. The van der Waals surface area contributed by atoms with Crippen LogP contribution < -0.4 is 48.3 Å². The van der Waals surface area contributed by atoms with E-state index in [1.165, 1.54) is 24.3 Å². The first kappa shape index (κ1) is 84.3. The van der Waals surface area contributed by atoms with E-state index in [9.17, 15) is 95.5 Å². The van der Waals surface area contributed by atoms with Gasteiger partial charge in [0.05, 0.1) is 44.6 Å². The third-order valence-electron chi connectivity index (χ3n) is 18.4. The smallest absolute Gasteiger partial charge is 0.328 e. The van der Waals surface area contributed by atoms with Crippen LogP contribution in [0.1, 0.15) is 49.8 Å². The fraction of sp³-hybridized carbons (Fsp3) is 0.582. The summed E-state index contributed by atoms with van der Waals surface area (Å²) >= 11 is 0. The number of aromatic amines is 1. The molecule has 4 saturated heterocycles. The summed E-state index contributed by atoms with van der Waals surface area (Å²) in [7, 11) is 1.57. The first-order valence-corrected chi connectivity index (χ1v) is 36.7. The Morgan fingerprint density at radius 3 is 1.93 bits per heavy atom. The molecule has 5 heterocycles. The second kappa shape index (κ2) is 39.2. The standard InChI is InChI=1S/C67H94N10O27S2/c1-30(80)47-63(96)75-43(62(95)77-48(31(2)81)64(97)98)28-106-105-27-42(61(94)72-40(21-33-15-17-35(82)18-16-33)59(92)73-41(22-34-23-69-37-13-7-6-12-36(34)37)60(93)71-38(57(90)76-47)14-8-9-19-68)74-58(91)39(20-32-10-4-3-5-11-32)70-29-67(99)56(89)54(44(83)26-100-67)103-66-53(88)51(86)55(46(25-79)102-66)104-65-52(87)50(85)49(84)45(24-78)101-65/h3-7,10-13,15-18,23,30-31,38-56,65-66,69-70,78-89,99H,8-9,14,19-22,24-29,68H2,1-2H3,(H,71,93)(H,72,94)(H,73,92)(H,74,91)(H,75,96)(H,76,90)(H,77,95)(H,97,98)/t30-,31-,38+,39-,40+,41-,42+,43+,44-,45-,46-,47+,48-,49-,50+,51-,52-,53-,54-,55-,56+,65-,66-,67-/m1/s1. The number of aromatic hydroxyl groups is 1. The Kier molecular flexibility index (Phi) is 31.2. The van der Waals surface area contributed by atoms with E-state index in [0.717, 1.165) is 35.4 Å². The number of aliphatic hydroxyl groups is 12. The lowest BCUT2D eigenvalue weighted by atomic mass is 9.94. The molecule has 0 unspecified atom stereocenters. The number of aliphatic hydroxyl groups excluding tert-OH is 11. The van der Waals surface area contributed by atoms with E-state index in [4.69, 9.17) is 29.4 Å². The Bertz CT molecular complexity index is 3570. The van der Waals surface area contributed by atoms with E-state index in [-0.39, 0.29) is 44.4 Å². The number of carbonyl (C=O) groups is 8. The number of nitrogens with one attached hydrogen (secondary N) is 9. The molecule has 7 amide bonds. The fourth-order valence-electron chi connectivity index (χ4n) is 12.2. The summed E-state index contributed by atoms with van der Waals surface area (Å²) in [5.41, 5.74) is 7.80. The van der Waals surface area contributed by atoms with E-state index < -0.39 is 231 Å². The van der Waals surface area contributed by atoms with Crippen molar-refractivity contribution in [1.82, 2.24) is 47.5 Å². The highest BCUT2D eigenvalue weighted by Crippen LogP contribution is 2.34. The first-order valence-electron chi connectivity index (χ1n) is 34.2. The van der Waals surface area contributed by atoms with E-state index in [0.29, 0.717) is 34.0 Å². The number of hydrogen-bond acceptors (Lipinski definition) is 30. The lowest BCUT2D eigenvalue weighted by Crippen LogP contribution is -2.69. The van der Waals surface area contributed by atoms with Crippen LogP contribution in [0, 0.1) is 0 Å². The van der Waals surface area contributed by atoms with Crippen molar-refractivity contribution in [2.45, 2.75) is 198 Å². The number of phenols is 1. The molecular formula is C67H94N10O27S2. The number of ether oxygens (including phenoxy) is 5. The number of fused-ring (bicyclic) bond motifs is 1. The molecule has 4 aliphatic heterocycles. The molecule has 0 radical (unpaired) electrons. The van der Waals surface area contributed by atoms with Gasteiger partial charge >= 0.3 is 5.97 Å². The highest BCUT2D eigenvalue weighted by atomic mass is 33.1. The number of benzene rings is 3. The molecule has 0 bridgehead atoms. The Labute approximate surface area is 614 Å². The van der Waals surface area contributed by atoms with E-state index in [1.54, 1.807) is 60.8 Å². The molecule has 0 saturated carbocycles. The van der Waals surface area contributed by atoms with Gasteiger partial charge in [0.15, 0.2) is 18.6 Å². The Morgan fingerprint density at radius 1 is 0.679 bits per heavy atom. The largest absolute Gasteiger partial charge is 0.508 e. The van der Waals surface area contributed by atoms with Crippen molar-refractivity contribution >= 4 is 79.8 Å². The number of rotatable bonds is 26. The molecule has 4 fully saturated rings. The van der Waals surface area contributed by atoms with Crippen molar-refractivity contribution in [2.75, 3.05) is 44.4 Å². The second-order valence-corrected chi connectivity index (χ2v) is 28.8. The summed E-state index contributed by atoms with van der Waals surface area (Å²) < 4.78 is 28.1. The third kappa shape index (κ3) is 22.0. The zero-order valence-corrected chi connectivity index (χ0v) is 59.1.